The summed E-state index contributed by atoms with van der Waals surface area (Å²) in [5.74, 6) is 1.96. The van der Waals surface area contributed by atoms with Crippen molar-refractivity contribution in [2.75, 3.05) is 0 Å². The molecule has 123 valence electrons. The summed E-state index contributed by atoms with van der Waals surface area (Å²) in [6.45, 7) is 10.7. The molecule has 1 heterocycles. The number of hydrogen-bond acceptors (Lipinski definition) is 2. The Labute approximate surface area is 157 Å². The van der Waals surface area contributed by atoms with Crippen molar-refractivity contribution in [1.29, 1.82) is 0 Å². The van der Waals surface area contributed by atoms with Crippen LogP contribution in [0.2, 0.25) is 3.93 Å². The Morgan fingerprint density at radius 2 is 1.96 bits per heavy atom. The van der Waals surface area contributed by atoms with Crippen molar-refractivity contribution >= 4 is 0 Å². The summed E-state index contributed by atoms with van der Waals surface area (Å²) in [5.41, 5.74) is 3.27. The first kappa shape index (κ1) is 18.8. The molecule has 1 aromatic rings. The number of phenolic OH excluding ortho intramolecular Hbond substituents is 1. The van der Waals surface area contributed by atoms with Gasteiger partial charge >= 0.3 is 43.4 Å². The summed E-state index contributed by atoms with van der Waals surface area (Å²) in [4.78, 5) is 0. The average Bonchev–Trinajstić information content (AvgIpc) is 2.45. The van der Waals surface area contributed by atoms with Gasteiger partial charge in [-0.2, -0.15) is 0 Å². The third-order valence-corrected chi connectivity index (χ3v) is 7.71. The molecular formula is C20H29HgO2. The Balaban J connectivity index is 0.000000433. The standard InChI is InChI=1S/C17H22O2.C3H7.Hg/c1-10-5-6-13-12(7-10)16-14(18)8-11(2)9-15(16)19-17(13,3)4;1-3-2;/h7-9,12-13,18H,5-6H2,1-4H3;1,3H2,2H3;. The van der Waals surface area contributed by atoms with Crippen LogP contribution in [0, 0.1) is 12.8 Å². The maximum absolute atomic E-state index is 10.3. The predicted octanol–water partition coefficient (Wildman–Crippen LogP) is 5.67. The SMILES string of the molecule is CC1=CC2c3c(O)cc(C)cc3OC(C)(C)C2CC1.CC[CH2][Hg]. The van der Waals surface area contributed by atoms with E-state index < -0.39 is 0 Å². The number of phenols is 1. The number of benzene rings is 1. The van der Waals surface area contributed by atoms with Crippen LogP contribution in [0.5, 0.6) is 11.5 Å². The molecule has 2 aliphatic rings. The van der Waals surface area contributed by atoms with Crippen LogP contribution < -0.4 is 4.74 Å². The summed E-state index contributed by atoms with van der Waals surface area (Å²) in [7, 11) is 0. The molecule has 0 bridgehead atoms. The summed E-state index contributed by atoms with van der Waals surface area (Å²) >= 11 is 1.07. The van der Waals surface area contributed by atoms with E-state index in [1.165, 1.54) is 15.9 Å². The average molecular weight is 502 g/mol. The van der Waals surface area contributed by atoms with E-state index in [-0.39, 0.29) is 11.5 Å². The van der Waals surface area contributed by atoms with Gasteiger partial charge in [-0.1, -0.05) is 11.6 Å². The molecular weight excluding hydrogens is 473 g/mol. The molecule has 0 spiro atoms. The molecule has 3 heteroatoms. The van der Waals surface area contributed by atoms with E-state index in [1.54, 1.807) is 0 Å². The van der Waals surface area contributed by atoms with Gasteiger partial charge in [-0.15, -0.1) is 0 Å². The second kappa shape index (κ2) is 7.59. The first-order valence-electron chi connectivity index (χ1n) is 8.79. The minimum absolute atomic E-state index is 0.172. The number of allylic oxidation sites excluding steroid dienone is 2. The fourth-order valence-electron chi connectivity index (χ4n) is 3.66. The molecule has 0 amide bonds. The van der Waals surface area contributed by atoms with Crippen LogP contribution in [-0.2, 0) is 26.1 Å². The molecule has 1 aromatic carbocycles. The minimum atomic E-state index is -0.172. The van der Waals surface area contributed by atoms with Crippen molar-refractivity contribution in [2.24, 2.45) is 5.92 Å². The fraction of sp³-hybridized carbons (Fsp3) is 0.600. The molecule has 1 aliphatic heterocycles. The molecule has 0 aromatic heterocycles. The molecule has 2 nitrogen and oxygen atoms in total. The van der Waals surface area contributed by atoms with Crippen LogP contribution in [0.15, 0.2) is 23.8 Å². The Morgan fingerprint density at radius 1 is 1.30 bits per heavy atom. The van der Waals surface area contributed by atoms with Gasteiger partial charge in [0, 0.05) is 17.4 Å². The maximum atomic E-state index is 10.3. The van der Waals surface area contributed by atoms with Crippen molar-refractivity contribution in [3.63, 3.8) is 0 Å². The molecule has 2 atom stereocenters. The first-order valence-corrected chi connectivity index (χ1v) is 12.7. The van der Waals surface area contributed by atoms with Crippen LogP contribution in [0.4, 0.5) is 0 Å². The monoisotopic (exact) mass is 503 g/mol. The zero-order valence-electron chi connectivity index (χ0n) is 15.3. The second-order valence-electron chi connectivity index (χ2n) is 7.44. The zero-order valence-corrected chi connectivity index (χ0v) is 20.8. The molecule has 0 fully saturated rings. The van der Waals surface area contributed by atoms with Gasteiger partial charge in [0.05, 0.1) is 0 Å². The molecule has 0 radical (unpaired) electrons. The third-order valence-electron chi connectivity index (χ3n) is 4.96. The van der Waals surface area contributed by atoms with Gasteiger partial charge in [-0.25, -0.2) is 0 Å². The quantitative estimate of drug-likeness (QED) is 0.396. The van der Waals surface area contributed by atoms with E-state index >= 15 is 0 Å². The topological polar surface area (TPSA) is 29.5 Å². The molecule has 23 heavy (non-hydrogen) atoms. The van der Waals surface area contributed by atoms with Gasteiger partial charge in [-0.3, -0.25) is 0 Å². The summed E-state index contributed by atoms with van der Waals surface area (Å²) in [6, 6.07) is 3.89. The van der Waals surface area contributed by atoms with Crippen LogP contribution in [0.1, 0.15) is 64.0 Å². The van der Waals surface area contributed by atoms with Crippen molar-refractivity contribution in [2.45, 2.75) is 69.3 Å². The van der Waals surface area contributed by atoms with Crippen LogP contribution in [0.25, 0.3) is 0 Å². The third kappa shape index (κ3) is 4.13. The van der Waals surface area contributed by atoms with E-state index in [2.05, 4.69) is 33.8 Å². The van der Waals surface area contributed by atoms with Gasteiger partial charge in [0.15, 0.2) is 0 Å². The van der Waals surface area contributed by atoms with Gasteiger partial charge in [-0.05, 0) is 58.2 Å². The van der Waals surface area contributed by atoms with E-state index in [1.807, 2.05) is 19.1 Å². The van der Waals surface area contributed by atoms with E-state index in [9.17, 15) is 5.11 Å². The van der Waals surface area contributed by atoms with Gasteiger partial charge < -0.3 is 9.84 Å². The Morgan fingerprint density at radius 3 is 2.57 bits per heavy atom. The van der Waals surface area contributed by atoms with Crippen molar-refractivity contribution in [3.8, 4) is 11.5 Å². The van der Waals surface area contributed by atoms with Crippen molar-refractivity contribution in [1.82, 2.24) is 0 Å². The fourth-order valence-corrected chi connectivity index (χ4v) is 3.66. The predicted molar refractivity (Wildman–Crippen MR) is 91.9 cm³/mol. The Kier molecular flexibility index (Phi) is 6.21. The van der Waals surface area contributed by atoms with Crippen molar-refractivity contribution in [3.05, 3.63) is 34.9 Å². The number of aryl methyl sites for hydroxylation is 1. The summed E-state index contributed by atoms with van der Waals surface area (Å²) in [6.07, 6.45) is 6.00. The van der Waals surface area contributed by atoms with Crippen LogP contribution in [0.3, 0.4) is 0 Å². The Bertz CT molecular complexity index is 588. The van der Waals surface area contributed by atoms with E-state index in [0.717, 1.165) is 55.8 Å². The number of fused-ring (bicyclic) bond motifs is 3. The molecule has 1 N–H and O–H groups in total. The van der Waals surface area contributed by atoms with Crippen molar-refractivity contribution < 1.29 is 36.0 Å². The summed E-state index contributed by atoms with van der Waals surface area (Å²) in [5, 5.41) is 10.3. The van der Waals surface area contributed by atoms with E-state index in [4.69, 9.17) is 4.74 Å². The van der Waals surface area contributed by atoms with Gasteiger partial charge in [0.1, 0.15) is 17.1 Å². The molecule has 0 saturated carbocycles. The normalized spacial score (nSPS) is 24.4. The van der Waals surface area contributed by atoms with Crippen LogP contribution >= 0.6 is 0 Å². The number of rotatable bonds is 1. The molecule has 1 aliphatic carbocycles. The molecule has 3 rings (SSSR count). The van der Waals surface area contributed by atoms with Crippen LogP contribution in [-0.4, -0.2) is 10.7 Å². The van der Waals surface area contributed by atoms with Gasteiger partial charge in [0.2, 0.25) is 0 Å². The molecule has 2 unspecified atom stereocenters. The number of hydrogen-bond donors (Lipinski definition) is 1. The second-order valence-corrected chi connectivity index (χ2v) is 10.2. The zero-order chi connectivity index (χ0) is 17.2. The van der Waals surface area contributed by atoms with Gasteiger partial charge in [0.25, 0.3) is 0 Å². The molecule has 0 saturated heterocycles. The number of aromatic hydroxyl groups is 1. The first-order chi connectivity index (χ1) is 10.8. The van der Waals surface area contributed by atoms with E-state index in [0.29, 0.717) is 11.7 Å². The Hall–Kier alpha value is -0.505. The number of ether oxygens (including phenoxy) is 1. The summed E-state index contributed by atoms with van der Waals surface area (Å²) < 4.78 is 7.71.